The lowest BCUT2D eigenvalue weighted by molar-refractivity contribution is 0.122. The van der Waals surface area contributed by atoms with Crippen molar-refractivity contribution in [3.63, 3.8) is 0 Å². The average molecular weight is 447 g/mol. The molecule has 2 aliphatic rings. The van der Waals surface area contributed by atoms with Crippen molar-refractivity contribution >= 4 is 16.0 Å². The van der Waals surface area contributed by atoms with E-state index in [1.165, 1.54) is 14.2 Å². The van der Waals surface area contributed by atoms with Crippen molar-refractivity contribution in [2.24, 2.45) is 5.41 Å². The molecule has 3 heterocycles. The molecular formula is C22H30N4O4S. The first-order valence-electron chi connectivity index (χ1n) is 10.6. The number of nitrogens with zero attached hydrogens (tertiary/aromatic N) is 4. The van der Waals surface area contributed by atoms with Gasteiger partial charge in [0.15, 0.2) is 0 Å². The second kappa shape index (κ2) is 8.63. The van der Waals surface area contributed by atoms with Crippen molar-refractivity contribution in [2.45, 2.75) is 37.5 Å². The minimum atomic E-state index is -3.72. The Morgan fingerprint density at radius 2 is 1.81 bits per heavy atom. The van der Waals surface area contributed by atoms with Gasteiger partial charge in [0, 0.05) is 49.6 Å². The molecule has 2 aliphatic heterocycles. The maximum absolute atomic E-state index is 13.6. The van der Waals surface area contributed by atoms with Crippen LogP contribution in [0.1, 0.15) is 31.4 Å². The molecule has 0 saturated carbocycles. The van der Waals surface area contributed by atoms with E-state index in [2.05, 4.69) is 14.9 Å². The summed E-state index contributed by atoms with van der Waals surface area (Å²) in [5.41, 5.74) is 0.825. The fourth-order valence-corrected chi connectivity index (χ4v) is 6.55. The number of rotatable bonds is 5. The highest BCUT2D eigenvalue weighted by atomic mass is 32.2. The molecule has 8 nitrogen and oxygen atoms in total. The van der Waals surface area contributed by atoms with E-state index >= 15 is 0 Å². The van der Waals surface area contributed by atoms with Gasteiger partial charge in [-0.05, 0) is 50.8 Å². The number of anilines is 1. The molecule has 0 aliphatic carbocycles. The molecule has 0 N–H and O–H groups in total. The number of ether oxygens (including phenoxy) is 2. The summed E-state index contributed by atoms with van der Waals surface area (Å²) in [6.07, 6.45) is 5.60. The monoisotopic (exact) mass is 446 g/mol. The molecule has 2 saturated heterocycles. The van der Waals surface area contributed by atoms with Crippen LogP contribution in [-0.2, 0) is 10.0 Å². The highest BCUT2D eigenvalue weighted by Crippen LogP contribution is 2.42. The van der Waals surface area contributed by atoms with Gasteiger partial charge in [0.2, 0.25) is 16.0 Å². The quantitative estimate of drug-likeness (QED) is 0.698. The molecule has 0 bridgehead atoms. The first-order chi connectivity index (χ1) is 14.9. The van der Waals surface area contributed by atoms with Crippen molar-refractivity contribution in [1.82, 2.24) is 14.3 Å². The third kappa shape index (κ3) is 4.34. The zero-order chi connectivity index (χ0) is 22.1. The van der Waals surface area contributed by atoms with Crippen molar-refractivity contribution in [2.75, 3.05) is 45.3 Å². The van der Waals surface area contributed by atoms with Gasteiger partial charge in [-0.15, -0.1) is 0 Å². The molecular weight excluding hydrogens is 416 g/mol. The van der Waals surface area contributed by atoms with E-state index in [1.54, 1.807) is 28.7 Å². The first kappa shape index (κ1) is 21.8. The van der Waals surface area contributed by atoms with Crippen LogP contribution >= 0.6 is 0 Å². The summed E-state index contributed by atoms with van der Waals surface area (Å²) < 4.78 is 39.5. The van der Waals surface area contributed by atoms with E-state index in [-0.39, 0.29) is 10.3 Å². The van der Waals surface area contributed by atoms with Gasteiger partial charge in [0.25, 0.3) is 0 Å². The summed E-state index contributed by atoms with van der Waals surface area (Å²) in [7, 11) is -0.712. The van der Waals surface area contributed by atoms with Crippen LogP contribution in [0.4, 0.5) is 5.95 Å². The van der Waals surface area contributed by atoms with Gasteiger partial charge in [-0.3, -0.25) is 0 Å². The average Bonchev–Trinajstić information content (AvgIpc) is 2.78. The normalized spacial score (nSPS) is 22.5. The number of benzene rings is 1. The van der Waals surface area contributed by atoms with Gasteiger partial charge < -0.3 is 14.4 Å². The SMILES string of the molecule is COc1ccc(OC)c(S(=O)(=O)N2CCCC3(CCCN(c4nccc(C)n4)C3)C2)c1. The summed E-state index contributed by atoms with van der Waals surface area (Å²) in [6.45, 7) is 4.60. The lowest BCUT2D eigenvalue weighted by Crippen LogP contribution is -2.54. The Bertz CT molecular complexity index is 1040. The van der Waals surface area contributed by atoms with Crippen LogP contribution in [-0.4, -0.2) is 63.1 Å². The largest absolute Gasteiger partial charge is 0.497 e. The number of piperidine rings is 2. The molecule has 4 rings (SSSR count). The minimum Gasteiger partial charge on any atom is -0.497 e. The number of hydrogen-bond acceptors (Lipinski definition) is 7. The van der Waals surface area contributed by atoms with E-state index < -0.39 is 10.0 Å². The molecule has 1 unspecified atom stereocenters. The van der Waals surface area contributed by atoms with E-state index in [9.17, 15) is 8.42 Å². The molecule has 2 aromatic rings. The summed E-state index contributed by atoms with van der Waals surface area (Å²) >= 11 is 0. The standard InChI is InChI=1S/C22H30N4O4S/c1-17-8-11-23-21(24-17)25-12-4-9-22(15-25)10-5-13-26(16-22)31(27,28)20-14-18(29-2)6-7-19(20)30-3/h6-8,11,14H,4-5,9-10,12-13,15-16H2,1-3H3. The van der Waals surface area contributed by atoms with Gasteiger partial charge >= 0.3 is 0 Å². The van der Waals surface area contributed by atoms with Crippen molar-refractivity contribution in [3.8, 4) is 11.5 Å². The lowest BCUT2D eigenvalue weighted by atomic mass is 9.74. The highest BCUT2D eigenvalue weighted by Gasteiger charge is 2.43. The molecule has 9 heteroatoms. The summed E-state index contributed by atoms with van der Waals surface area (Å²) in [5.74, 6) is 1.55. The molecule has 168 valence electrons. The molecule has 0 amide bonds. The van der Waals surface area contributed by atoms with Crippen LogP contribution in [0, 0.1) is 12.3 Å². The second-order valence-corrected chi connectivity index (χ2v) is 10.4. The Morgan fingerprint density at radius 1 is 1.03 bits per heavy atom. The van der Waals surface area contributed by atoms with Gasteiger partial charge in [-0.1, -0.05) is 0 Å². The fraction of sp³-hybridized carbons (Fsp3) is 0.545. The van der Waals surface area contributed by atoms with Gasteiger partial charge in [-0.2, -0.15) is 4.31 Å². The summed E-state index contributed by atoms with van der Waals surface area (Å²) in [6, 6.07) is 6.78. The predicted octanol–water partition coefficient (Wildman–Crippen LogP) is 2.87. The van der Waals surface area contributed by atoms with E-state index in [1.807, 2.05) is 13.0 Å². The topological polar surface area (TPSA) is 84.9 Å². The molecule has 31 heavy (non-hydrogen) atoms. The second-order valence-electron chi connectivity index (χ2n) is 8.48. The molecule has 2 fully saturated rings. The Balaban J connectivity index is 1.61. The molecule has 0 radical (unpaired) electrons. The van der Waals surface area contributed by atoms with Gasteiger partial charge in [0.05, 0.1) is 14.2 Å². The molecule has 1 atom stereocenters. The summed E-state index contributed by atoms with van der Waals surface area (Å²) in [4.78, 5) is 11.4. The predicted molar refractivity (Wildman–Crippen MR) is 118 cm³/mol. The van der Waals surface area contributed by atoms with Crippen LogP contribution < -0.4 is 14.4 Å². The highest BCUT2D eigenvalue weighted by molar-refractivity contribution is 7.89. The maximum atomic E-state index is 13.6. The number of sulfonamides is 1. The molecule has 1 spiro atoms. The zero-order valence-corrected chi connectivity index (χ0v) is 19.2. The van der Waals surface area contributed by atoms with E-state index in [0.717, 1.165) is 50.4 Å². The first-order valence-corrected chi connectivity index (χ1v) is 12.1. The Kier molecular flexibility index (Phi) is 6.07. The van der Waals surface area contributed by atoms with Crippen LogP contribution in [0.3, 0.4) is 0 Å². The molecule has 1 aromatic heterocycles. The summed E-state index contributed by atoms with van der Waals surface area (Å²) in [5, 5.41) is 0. The van der Waals surface area contributed by atoms with E-state index in [4.69, 9.17) is 9.47 Å². The number of hydrogen-bond donors (Lipinski definition) is 0. The van der Waals surface area contributed by atoms with Crippen molar-refractivity contribution < 1.29 is 17.9 Å². The minimum absolute atomic E-state index is 0.108. The Morgan fingerprint density at radius 3 is 2.52 bits per heavy atom. The lowest BCUT2D eigenvalue weighted by Gasteiger charge is -2.48. The van der Waals surface area contributed by atoms with E-state index in [0.29, 0.717) is 24.6 Å². The van der Waals surface area contributed by atoms with Crippen molar-refractivity contribution in [1.29, 1.82) is 0 Å². The fourth-order valence-electron chi connectivity index (χ4n) is 4.79. The smallest absolute Gasteiger partial charge is 0.246 e. The van der Waals surface area contributed by atoms with Crippen LogP contribution in [0.5, 0.6) is 11.5 Å². The van der Waals surface area contributed by atoms with Gasteiger partial charge in [-0.25, -0.2) is 18.4 Å². The van der Waals surface area contributed by atoms with Gasteiger partial charge in [0.1, 0.15) is 16.4 Å². The van der Waals surface area contributed by atoms with Crippen LogP contribution in [0.2, 0.25) is 0 Å². The Hall–Kier alpha value is -2.39. The van der Waals surface area contributed by atoms with Crippen LogP contribution in [0.25, 0.3) is 0 Å². The number of aromatic nitrogens is 2. The van der Waals surface area contributed by atoms with Crippen LogP contribution in [0.15, 0.2) is 35.4 Å². The molecule has 1 aromatic carbocycles. The third-order valence-corrected chi connectivity index (χ3v) is 8.21. The number of aryl methyl sites for hydroxylation is 1. The van der Waals surface area contributed by atoms with Crippen molar-refractivity contribution in [3.05, 3.63) is 36.2 Å². The Labute approximate surface area is 184 Å². The third-order valence-electron chi connectivity index (χ3n) is 6.34. The number of methoxy groups -OCH3 is 2. The maximum Gasteiger partial charge on any atom is 0.246 e. The zero-order valence-electron chi connectivity index (χ0n) is 18.4.